The highest BCUT2D eigenvalue weighted by Gasteiger charge is 2.27. The summed E-state index contributed by atoms with van der Waals surface area (Å²) in [6, 6.07) is 9.40. The number of carbonyl (C=O) groups is 1. The summed E-state index contributed by atoms with van der Waals surface area (Å²) >= 11 is 4.78. The van der Waals surface area contributed by atoms with E-state index in [9.17, 15) is 13.6 Å². The number of rotatable bonds is 6. The highest BCUT2D eigenvalue weighted by molar-refractivity contribution is 6.20. The van der Waals surface area contributed by atoms with E-state index in [1.54, 1.807) is 24.5 Å². The molecule has 2 aromatic heterocycles. The molecule has 1 aliphatic carbocycles. The predicted octanol–water partition coefficient (Wildman–Crippen LogP) is 5.64. The number of imidazole rings is 1. The number of anilines is 1. The molecule has 4 aromatic rings. The maximum Gasteiger partial charge on any atom is 0.487 e. The number of hydrogen-bond acceptors (Lipinski definition) is 5. The molecule has 0 unspecified atom stereocenters. The second-order valence-corrected chi connectivity index (χ2v) is 8.22. The van der Waals surface area contributed by atoms with Crippen LogP contribution in [0.2, 0.25) is 0 Å². The van der Waals surface area contributed by atoms with E-state index in [1.807, 2.05) is 6.33 Å². The average molecular weight is 470 g/mol. The van der Waals surface area contributed by atoms with Gasteiger partial charge in [-0.05, 0) is 55.7 Å². The van der Waals surface area contributed by atoms with Crippen molar-refractivity contribution in [1.82, 2.24) is 19.5 Å². The number of nitrogens with zero attached hydrogens (tertiary/aromatic N) is 4. The summed E-state index contributed by atoms with van der Waals surface area (Å²) in [5, 5.41) is 2.76. The van der Waals surface area contributed by atoms with Crippen LogP contribution in [0.15, 0.2) is 61.4 Å². The molecule has 1 N–H and O–H groups in total. The summed E-state index contributed by atoms with van der Waals surface area (Å²) in [5.74, 6) is -0.494. The summed E-state index contributed by atoms with van der Waals surface area (Å²) in [6.45, 7) is 0. The zero-order valence-electron chi connectivity index (χ0n) is 17.2. The Morgan fingerprint density at radius 3 is 2.52 bits per heavy atom. The van der Waals surface area contributed by atoms with Gasteiger partial charge in [0.1, 0.15) is 12.1 Å². The molecule has 1 amide bonds. The number of fused-ring (bicyclic) bond motifs is 1. The largest absolute Gasteiger partial charge is 0.487 e. The van der Waals surface area contributed by atoms with Crippen molar-refractivity contribution in [3.63, 3.8) is 0 Å². The van der Waals surface area contributed by atoms with Crippen molar-refractivity contribution in [2.24, 2.45) is 0 Å². The first-order valence-electron chi connectivity index (χ1n) is 10.3. The normalized spacial score (nSPS) is 14.2. The summed E-state index contributed by atoms with van der Waals surface area (Å²) in [7, 11) is 0. The summed E-state index contributed by atoms with van der Waals surface area (Å²) in [5.41, 5.74) is 0.233. The van der Waals surface area contributed by atoms with Crippen LogP contribution in [0.5, 0.6) is 5.75 Å². The van der Waals surface area contributed by atoms with Gasteiger partial charge in [-0.1, -0.05) is 0 Å². The predicted molar refractivity (Wildman–Crippen MR) is 119 cm³/mol. The topological polar surface area (TPSA) is 81.9 Å². The summed E-state index contributed by atoms with van der Waals surface area (Å²) < 4.78 is 32.0. The Balaban J connectivity index is 1.47. The highest BCUT2D eigenvalue weighted by atomic mass is 35.5. The molecule has 0 aliphatic heterocycles. The number of carbonyl (C=O) groups excluding carboxylic acids is 1. The second-order valence-electron chi connectivity index (χ2n) is 7.78. The molecule has 1 saturated carbocycles. The Morgan fingerprint density at radius 1 is 1.15 bits per heavy atom. The monoisotopic (exact) mass is 469 g/mol. The maximum atomic E-state index is 13.0. The number of aromatic nitrogens is 4. The third-order valence-corrected chi connectivity index (χ3v) is 5.69. The first-order chi connectivity index (χ1) is 15.9. The molecule has 0 atom stereocenters. The summed E-state index contributed by atoms with van der Waals surface area (Å²) in [6.07, 6.45) is 10.0. The van der Waals surface area contributed by atoms with Crippen molar-refractivity contribution >= 4 is 34.2 Å². The van der Waals surface area contributed by atoms with E-state index in [0.717, 1.165) is 29.5 Å². The molecule has 168 valence electrons. The third kappa shape index (κ3) is 4.49. The minimum Gasteiger partial charge on any atom is -0.420 e. The molecule has 10 heteroatoms. The van der Waals surface area contributed by atoms with Gasteiger partial charge in [-0.25, -0.2) is 15.0 Å². The van der Waals surface area contributed by atoms with Crippen molar-refractivity contribution in [2.45, 2.75) is 30.9 Å². The molecule has 33 heavy (non-hydrogen) atoms. The van der Waals surface area contributed by atoms with Crippen molar-refractivity contribution in [1.29, 1.82) is 0 Å². The van der Waals surface area contributed by atoms with E-state index in [0.29, 0.717) is 22.8 Å². The molecule has 2 aromatic carbocycles. The van der Waals surface area contributed by atoms with Crippen molar-refractivity contribution in [3.8, 4) is 16.9 Å². The van der Waals surface area contributed by atoms with E-state index in [-0.39, 0.29) is 11.7 Å². The maximum absolute atomic E-state index is 13.0. The molecule has 1 fully saturated rings. The van der Waals surface area contributed by atoms with Gasteiger partial charge in [0.2, 0.25) is 0 Å². The fourth-order valence-corrected chi connectivity index (χ4v) is 3.93. The fraction of sp³-hybridized carbons (Fsp3) is 0.217. The van der Waals surface area contributed by atoms with Gasteiger partial charge in [-0.3, -0.25) is 4.79 Å². The first-order valence-corrected chi connectivity index (χ1v) is 10.7. The molecule has 5 rings (SSSR count). The third-order valence-electron chi connectivity index (χ3n) is 5.62. The minimum absolute atomic E-state index is 0.123. The molecule has 0 bridgehead atoms. The number of halogens is 3. The molecular formula is C23H18ClF2N5O2. The molecule has 0 saturated heterocycles. The Bertz CT molecular complexity index is 1300. The molecule has 0 radical (unpaired) electrons. The molecule has 1 aliphatic rings. The number of hydrogen-bond donors (Lipinski definition) is 1. The van der Waals surface area contributed by atoms with Gasteiger partial charge in [0, 0.05) is 52.4 Å². The van der Waals surface area contributed by atoms with Gasteiger partial charge < -0.3 is 14.6 Å². The first kappa shape index (κ1) is 21.3. The number of ether oxygens (including phenoxy) is 1. The van der Waals surface area contributed by atoms with E-state index >= 15 is 0 Å². The van der Waals surface area contributed by atoms with Gasteiger partial charge >= 0.3 is 5.57 Å². The van der Waals surface area contributed by atoms with E-state index in [2.05, 4.69) is 29.6 Å². The SMILES string of the molecule is O=C(Nc1ccc(OC(F)(F)Cl)cc1)c1cc(-c2cncnc2)c2c(c1)ncn2C1CCC1. The number of alkyl halides is 3. The zero-order chi connectivity index (χ0) is 23.0. The van der Waals surface area contributed by atoms with Gasteiger partial charge in [0.25, 0.3) is 5.91 Å². The molecule has 7 nitrogen and oxygen atoms in total. The Labute approximate surface area is 192 Å². The van der Waals surface area contributed by atoms with Crippen LogP contribution in [-0.2, 0) is 0 Å². The van der Waals surface area contributed by atoms with E-state index in [1.165, 1.54) is 37.0 Å². The minimum atomic E-state index is -3.80. The van der Waals surface area contributed by atoms with Crippen LogP contribution in [0, 0.1) is 0 Å². The average Bonchev–Trinajstić information content (AvgIpc) is 3.16. The quantitative estimate of drug-likeness (QED) is 0.370. The van der Waals surface area contributed by atoms with E-state index < -0.39 is 5.57 Å². The van der Waals surface area contributed by atoms with Crippen molar-refractivity contribution in [3.05, 3.63) is 67.0 Å². The highest BCUT2D eigenvalue weighted by Crippen LogP contribution is 2.38. The zero-order valence-corrected chi connectivity index (χ0v) is 18.0. The molecule has 0 spiro atoms. The Hall–Kier alpha value is -3.59. The smallest absolute Gasteiger partial charge is 0.420 e. The van der Waals surface area contributed by atoms with Gasteiger partial charge in [-0.2, -0.15) is 0 Å². The number of nitrogens with one attached hydrogen (secondary N) is 1. The van der Waals surface area contributed by atoms with Crippen molar-refractivity contribution in [2.75, 3.05) is 5.32 Å². The van der Waals surface area contributed by atoms with Crippen LogP contribution in [0.3, 0.4) is 0 Å². The molecule has 2 heterocycles. The number of benzene rings is 2. The van der Waals surface area contributed by atoms with Crippen LogP contribution in [0.1, 0.15) is 35.7 Å². The number of amides is 1. The van der Waals surface area contributed by atoms with Crippen LogP contribution in [-0.4, -0.2) is 31.0 Å². The van der Waals surface area contributed by atoms with Crippen LogP contribution < -0.4 is 10.1 Å². The lowest BCUT2D eigenvalue weighted by atomic mass is 9.92. The lowest BCUT2D eigenvalue weighted by molar-refractivity contribution is -0.0964. The molecular weight excluding hydrogens is 452 g/mol. The Kier molecular flexibility index (Phi) is 5.41. The lowest BCUT2D eigenvalue weighted by Crippen LogP contribution is -2.17. The summed E-state index contributed by atoms with van der Waals surface area (Å²) in [4.78, 5) is 25.8. The van der Waals surface area contributed by atoms with Crippen molar-refractivity contribution < 1.29 is 18.3 Å². The second kappa shape index (κ2) is 8.40. The van der Waals surface area contributed by atoms with E-state index in [4.69, 9.17) is 11.6 Å². The van der Waals surface area contributed by atoms with Gasteiger partial charge in [-0.15, -0.1) is 8.78 Å². The van der Waals surface area contributed by atoms with Gasteiger partial charge in [0.15, 0.2) is 0 Å². The van der Waals surface area contributed by atoms with Crippen LogP contribution in [0.4, 0.5) is 14.5 Å². The standard InChI is InChI=1S/C23H18ClF2N5O2/c24-23(25,26)33-18-6-4-16(5-7-18)30-22(32)14-8-19(15-10-27-12-28-11-15)21-20(9-14)29-13-31(21)17-2-1-3-17/h4-13,17H,1-3H2,(H,30,32). The Morgan fingerprint density at radius 2 is 1.88 bits per heavy atom. The fourth-order valence-electron chi connectivity index (χ4n) is 3.85. The van der Waals surface area contributed by atoms with Gasteiger partial charge in [0.05, 0.1) is 17.4 Å². The lowest BCUT2D eigenvalue weighted by Gasteiger charge is -2.28. The van der Waals surface area contributed by atoms with Crippen LogP contribution >= 0.6 is 11.6 Å². The van der Waals surface area contributed by atoms with Crippen LogP contribution in [0.25, 0.3) is 22.2 Å².